The molecule has 7 nitrogen and oxygen atoms in total. The molecule has 27 heavy (non-hydrogen) atoms. The van der Waals surface area contributed by atoms with Gasteiger partial charge in [-0.25, -0.2) is 18.5 Å². The second-order valence-corrected chi connectivity index (χ2v) is 8.26. The summed E-state index contributed by atoms with van der Waals surface area (Å²) >= 11 is 0. The number of hydrogen-bond acceptors (Lipinski definition) is 6. The van der Waals surface area contributed by atoms with Gasteiger partial charge in [-0.1, -0.05) is 30.3 Å². The van der Waals surface area contributed by atoms with Gasteiger partial charge in [-0.3, -0.25) is 4.79 Å². The van der Waals surface area contributed by atoms with Crippen LogP contribution in [0, 0.1) is 0 Å². The summed E-state index contributed by atoms with van der Waals surface area (Å²) < 4.78 is 16.2. The maximum atomic E-state index is 12.5. The van der Waals surface area contributed by atoms with E-state index in [9.17, 15) is 9.00 Å². The first-order chi connectivity index (χ1) is 12.9. The normalized spacial score (nSPS) is 12.8. The number of carbonyl (C=O) groups excluding carboxylic acids is 1. The van der Waals surface area contributed by atoms with Crippen molar-refractivity contribution in [3.8, 4) is 11.3 Å². The summed E-state index contributed by atoms with van der Waals surface area (Å²) in [6, 6.07) is 16.0. The molecule has 3 N–H and O–H groups in total. The highest BCUT2D eigenvalue weighted by atomic mass is 32.2. The van der Waals surface area contributed by atoms with Crippen LogP contribution in [0.25, 0.3) is 11.3 Å². The van der Waals surface area contributed by atoms with Gasteiger partial charge in [-0.2, -0.15) is 0 Å². The van der Waals surface area contributed by atoms with E-state index in [2.05, 4.69) is 19.6 Å². The molecule has 0 saturated heterocycles. The van der Waals surface area contributed by atoms with Crippen LogP contribution in [0.4, 0.5) is 11.5 Å². The number of nitrogens with zero attached hydrogens (tertiary/aromatic N) is 3. The van der Waals surface area contributed by atoms with Crippen molar-refractivity contribution < 1.29 is 9.00 Å². The van der Waals surface area contributed by atoms with E-state index in [-0.39, 0.29) is 11.5 Å². The molecule has 1 amide bonds. The Balaban J connectivity index is 1.91. The van der Waals surface area contributed by atoms with Gasteiger partial charge in [0.15, 0.2) is 11.5 Å². The second kappa shape index (κ2) is 7.55. The highest BCUT2D eigenvalue weighted by Gasteiger charge is 2.15. The van der Waals surface area contributed by atoms with Crippen molar-refractivity contribution >= 4 is 27.1 Å². The first kappa shape index (κ1) is 18.5. The molecule has 1 aromatic heterocycles. The number of aromatic nitrogens is 2. The Morgan fingerprint density at radius 3 is 2.41 bits per heavy atom. The molecular weight excluding hydrogens is 362 g/mol. The molecule has 0 radical (unpaired) electrons. The smallest absolute Gasteiger partial charge is 0.278 e. The first-order valence-electron chi connectivity index (χ1n) is 8.10. The molecule has 0 bridgehead atoms. The third-order valence-electron chi connectivity index (χ3n) is 3.98. The summed E-state index contributed by atoms with van der Waals surface area (Å²) in [5.41, 5.74) is 7.74. The fraction of sp³-hybridized carbons (Fsp3) is 0.105. The van der Waals surface area contributed by atoms with Crippen LogP contribution >= 0.6 is 0 Å². The number of anilines is 2. The van der Waals surface area contributed by atoms with Crippen LogP contribution in [0.3, 0.4) is 0 Å². The molecule has 0 saturated carbocycles. The van der Waals surface area contributed by atoms with Crippen LogP contribution in [-0.4, -0.2) is 33.4 Å². The van der Waals surface area contributed by atoms with E-state index in [4.69, 9.17) is 5.73 Å². The van der Waals surface area contributed by atoms with E-state index in [1.807, 2.05) is 18.2 Å². The van der Waals surface area contributed by atoms with Gasteiger partial charge in [0.25, 0.3) is 5.91 Å². The van der Waals surface area contributed by atoms with Crippen molar-refractivity contribution in [1.82, 2.24) is 9.97 Å². The monoisotopic (exact) mass is 381 g/mol. The third-order valence-corrected chi connectivity index (χ3v) is 5.83. The summed E-state index contributed by atoms with van der Waals surface area (Å²) in [6.45, 7) is 0. The van der Waals surface area contributed by atoms with Gasteiger partial charge in [-0.05, 0) is 24.3 Å². The van der Waals surface area contributed by atoms with Gasteiger partial charge in [0.05, 0.1) is 21.6 Å². The number of rotatable bonds is 4. The zero-order valence-corrected chi connectivity index (χ0v) is 15.7. The van der Waals surface area contributed by atoms with E-state index in [0.29, 0.717) is 16.3 Å². The van der Waals surface area contributed by atoms with E-state index in [1.165, 1.54) is 13.2 Å². The first-order valence-corrected chi connectivity index (χ1v) is 10.0. The Morgan fingerprint density at radius 2 is 1.78 bits per heavy atom. The highest BCUT2D eigenvalue weighted by Crippen LogP contribution is 2.22. The Morgan fingerprint density at radius 1 is 1.11 bits per heavy atom. The van der Waals surface area contributed by atoms with Crippen LogP contribution in [0.2, 0.25) is 0 Å². The summed E-state index contributed by atoms with van der Waals surface area (Å²) in [4.78, 5) is 21.6. The zero-order chi connectivity index (χ0) is 19.4. The fourth-order valence-electron chi connectivity index (χ4n) is 2.40. The van der Waals surface area contributed by atoms with Crippen LogP contribution in [-0.2, 0) is 9.73 Å². The molecular formula is C19H19N5O2S. The number of carbonyl (C=O) groups is 1. The number of hydrogen-bond donors (Lipinski definition) is 2. The van der Waals surface area contributed by atoms with E-state index in [0.717, 1.165) is 5.56 Å². The molecule has 2 aromatic carbocycles. The van der Waals surface area contributed by atoms with Crippen molar-refractivity contribution in [2.45, 2.75) is 4.90 Å². The highest BCUT2D eigenvalue weighted by molar-refractivity contribution is 7.93. The molecule has 3 rings (SSSR count). The number of nitrogens with two attached hydrogens (primary N) is 1. The quantitative estimate of drug-likeness (QED) is 0.721. The lowest BCUT2D eigenvalue weighted by Crippen LogP contribution is -2.17. The van der Waals surface area contributed by atoms with Gasteiger partial charge in [0.1, 0.15) is 0 Å². The molecule has 8 heteroatoms. The summed E-state index contributed by atoms with van der Waals surface area (Å²) in [7, 11) is -0.878. The van der Waals surface area contributed by atoms with E-state index in [1.54, 1.807) is 42.7 Å². The van der Waals surface area contributed by atoms with Crippen molar-refractivity contribution in [3.63, 3.8) is 0 Å². The maximum absolute atomic E-state index is 12.5. The summed E-state index contributed by atoms with van der Waals surface area (Å²) in [6.07, 6.45) is 3.08. The zero-order valence-electron chi connectivity index (χ0n) is 14.9. The van der Waals surface area contributed by atoms with Gasteiger partial charge in [0.2, 0.25) is 0 Å². The SMILES string of the molecule is CN=[S@](C)(=O)c1ccc(-c2cnc(N)c(C(=O)Nc3ccccc3)n2)cc1. The van der Waals surface area contributed by atoms with Gasteiger partial charge < -0.3 is 11.1 Å². The molecule has 3 aromatic rings. The largest absolute Gasteiger partial charge is 0.382 e. The van der Waals surface area contributed by atoms with E-state index < -0.39 is 15.6 Å². The summed E-state index contributed by atoms with van der Waals surface area (Å²) in [5.74, 6) is -0.392. The predicted molar refractivity (Wildman–Crippen MR) is 107 cm³/mol. The van der Waals surface area contributed by atoms with Crippen LogP contribution in [0.15, 0.2) is 70.1 Å². The lowest BCUT2D eigenvalue weighted by atomic mass is 10.1. The number of amides is 1. The van der Waals surface area contributed by atoms with Crippen LogP contribution in [0.5, 0.6) is 0 Å². The van der Waals surface area contributed by atoms with E-state index >= 15 is 0 Å². The minimum Gasteiger partial charge on any atom is -0.382 e. The third kappa shape index (κ3) is 4.12. The van der Waals surface area contributed by atoms with Crippen molar-refractivity contribution in [2.24, 2.45) is 4.36 Å². The number of para-hydroxylation sites is 1. The average Bonchev–Trinajstić information content (AvgIpc) is 2.69. The predicted octanol–water partition coefficient (Wildman–Crippen LogP) is 3.06. The molecule has 138 valence electrons. The summed E-state index contributed by atoms with van der Waals surface area (Å²) in [5, 5.41) is 2.74. The Hall–Kier alpha value is -3.26. The Bertz CT molecular complexity index is 1090. The molecule has 1 heterocycles. The molecule has 1 atom stereocenters. The van der Waals surface area contributed by atoms with Crippen molar-refractivity contribution in [3.05, 3.63) is 66.5 Å². The van der Waals surface area contributed by atoms with Crippen molar-refractivity contribution in [1.29, 1.82) is 0 Å². The topological polar surface area (TPSA) is 110 Å². The number of benzene rings is 2. The van der Waals surface area contributed by atoms with Crippen LogP contribution < -0.4 is 11.1 Å². The maximum Gasteiger partial charge on any atom is 0.278 e. The van der Waals surface area contributed by atoms with Gasteiger partial charge in [-0.15, -0.1) is 0 Å². The van der Waals surface area contributed by atoms with Crippen LogP contribution in [0.1, 0.15) is 10.5 Å². The molecule has 0 fully saturated rings. The second-order valence-electron chi connectivity index (χ2n) is 5.82. The molecule has 0 aliphatic rings. The van der Waals surface area contributed by atoms with Gasteiger partial charge >= 0.3 is 0 Å². The van der Waals surface area contributed by atoms with Crippen molar-refractivity contribution in [2.75, 3.05) is 24.4 Å². The Labute approximate surface area is 157 Å². The molecule has 0 spiro atoms. The molecule has 0 unspecified atom stereocenters. The average molecular weight is 381 g/mol. The van der Waals surface area contributed by atoms with Gasteiger partial charge in [0, 0.05) is 29.4 Å². The minimum absolute atomic E-state index is 0.0447. The molecule has 0 aliphatic heterocycles. The molecule has 0 aliphatic carbocycles. The minimum atomic E-state index is -2.41. The lowest BCUT2D eigenvalue weighted by Gasteiger charge is -2.09. The fourth-order valence-corrected chi connectivity index (χ4v) is 3.25. The number of nitrogen functional groups attached to an aromatic ring is 1. The standard InChI is InChI=1S/C19H19N5O2S/c1-21-27(2,26)15-10-8-13(9-11-15)16-12-22-18(20)17(24-16)19(25)23-14-6-4-3-5-7-14/h3-12H,1-2H3,(H2,20,22)(H,23,25)/t27-/m1/s1. The number of nitrogens with one attached hydrogen (secondary N) is 1. The lowest BCUT2D eigenvalue weighted by molar-refractivity contribution is 0.102. The Kier molecular flexibility index (Phi) is 5.18.